The molecule has 2 unspecified atom stereocenters. The molecule has 0 saturated carbocycles. The van der Waals surface area contributed by atoms with E-state index in [1.54, 1.807) is 31.2 Å². The first-order valence-electron chi connectivity index (χ1n) is 9.01. The fourth-order valence-electron chi connectivity index (χ4n) is 2.89. The highest BCUT2D eigenvalue weighted by atomic mass is 32.2. The van der Waals surface area contributed by atoms with E-state index in [2.05, 4.69) is 9.71 Å². The molecule has 2 heterocycles. The minimum absolute atomic E-state index is 0.00602. The number of hydrogen-bond donors (Lipinski definition) is 1. The van der Waals surface area contributed by atoms with Crippen molar-refractivity contribution >= 4 is 21.4 Å². The molecule has 2 aromatic rings. The third-order valence-corrected chi connectivity index (χ3v) is 6.86. The number of alkyl halides is 3. The van der Waals surface area contributed by atoms with Crippen LogP contribution >= 0.6 is 11.3 Å². The number of sulfonamides is 1. The Balaban J connectivity index is 1.61. The molecule has 1 N–H and O–H groups in total. The molecule has 2 atom stereocenters. The molecular weight excluding hydrogens is 429 g/mol. The highest BCUT2D eigenvalue weighted by Gasteiger charge is 2.34. The smallest absolute Gasteiger partial charge is 0.443 e. The van der Waals surface area contributed by atoms with Crippen LogP contribution in [-0.2, 0) is 20.9 Å². The molecule has 1 fully saturated rings. The van der Waals surface area contributed by atoms with Gasteiger partial charge in [0.25, 0.3) is 0 Å². The average Bonchev–Trinajstić information content (AvgIpc) is 3.18. The summed E-state index contributed by atoms with van der Waals surface area (Å²) in [5.41, 5.74) is 0.808. The molecule has 1 saturated heterocycles. The Morgan fingerprint density at radius 1 is 1.31 bits per heavy atom. The number of halogens is 3. The zero-order valence-corrected chi connectivity index (χ0v) is 17.2. The van der Waals surface area contributed by atoms with E-state index in [9.17, 15) is 21.6 Å². The monoisotopic (exact) mass is 450 g/mol. The normalized spacial score (nSPS) is 20.6. The van der Waals surface area contributed by atoms with Crippen molar-refractivity contribution in [2.75, 3.05) is 25.6 Å². The molecule has 1 aromatic heterocycles. The van der Waals surface area contributed by atoms with Crippen molar-refractivity contribution in [1.82, 2.24) is 9.71 Å². The van der Waals surface area contributed by atoms with Gasteiger partial charge < -0.3 is 9.47 Å². The molecule has 6 nitrogen and oxygen atoms in total. The molecule has 11 heteroatoms. The molecule has 0 spiro atoms. The first-order valence-corrected chi connectivity index (χ1v) is 11.5. The summed E-state index contributed by atoms with van der Waals surface area (Å²) >= 11 is 0.554. The summed E-state index contributed by atoms with van der Waals surface area (Å²) in [5.74, 6) is 0.395. The fraction of sp³-hybridized carbons (Fsp3) is 0.500. The number of nitrogens with one attached hydrogen (secondary N) is 1. The van der Waals surface area contributed by atoms with Crippen LogP contribution in [0.2, 0.25) is 0 Å². The van der Waals surface area contributed by atoms with E-state index in [1.165, 1.54) is 5.38 Å². The molecule has 1 aromatic carbocycles. The van der Waals surface area contributed by atoms with Gasteiger partial charge in [-0.3, -0.25) is 0 Å². The Morgan fingerprint density at radius 3 is 2.66 bits per heavy atom. The Morgan fingerprint density at radius 2 is 2.03 bits per heavy atom. The maximum Gasteiger partial charge on any atom is 0.443 e. The largest absolute Gasteiger partial charge is 0.493 e. The van der Waals surface area contributed by atoms with Crippen molar-refractivity contribution in [2.24, 2.45) is 5.92 Å². The lowest BCUT2D eigenvalue weighted by Gasteiger charge is -2.31. The van der Waals surface area contributed by atoms with Crippen LogP contribution in [0, 0.1) is 5.92 Å². The van der Waals surface area contributed by atoms with Gasteiger partial charge >= 0.3 is 6.18 Å². The van der Waals surface area contributed by atoms with Gasteiger partial charge in [-0.1, -0.05) is 0 Å². The highest BCUT2D eigenvalue weighted by molar-refractivity contribution is 7.89. The lowest BCUT2D eigenvalue weighted by atomic mass is 9.98. The molecule has 1 aliphatic heterocycles. The van der Waals surface area contributed by atoms with Crippen LogP contribution in [0.25, 0.3) is 11.3 Å². The molecule has 1 aliphatic rings. The predicted molar refractivity (Wildman–Crippen MR) is 103 cm³/mol. The van der Waals surface area contributed by atoms with Crippen LogP contribution in [0.15, 0.2) is 29.6 Å². The van der Waals surface area contributed by atoms with Crippen LogP contribution in [-0.4, -0.2) is 45.0 Å². The summed E-state index contributed by atoms with van der Waals surface area (Å²) in [5, 5.41) is 0.480. The Kier molecular flexibility index (Phi) is 6.82. The maximum atomic E-state index is 12.7. The second kappa shape index (κ2) is 8.99. The third-order valence-electron chi connectivity index (χ3n) is 4.55. The van der Waals surface area contributed by atoms with Crippen molar-refractivity contribution in [2.45, 2.75) is 25.6 Å². The topological polar surface area (TPSA) is 77.5 Å². The standard InChI is InChI=1S/C18H21F3N2O4S2/c1-2-29(24,25)23-15-7-8-26-9-13(15)10-27-14-5-3-12(4-6-14)16-11-28-17(22-16)18(19,20)21/h3-6,11,13,15,23H,2,7-10H2,1H3. The van der Waals surface area contributed by atoms with Crippen LogP contribution in [0.3, 0.4) is 0 Å². The molecule has 3 rings (SSSR count). The number of ether oxygens (including phenoxy) is 2. The van der Waals surface area contributed by atoms with Crippen LogP contribution in [0.5, 0.6) is 5.75 Å². The predicted octanol–water partition coefficient (Wildman–Crippen LogP) is 3.55. The van der Waals surface area contributed by atoms with Gasteiger partial charge in [-0.25, -0.2) is 18.1 Å². The average molecular weight is 451 g/mol. The summed E-state index contributed by atoms with van der Waals surface area (Å²) in [6, 6.07) is 6.32. The van der Waals surface area contributed by atoms with Gasteiger partial charge in [-0.15, -0.1) is 11.3 Å². The zero-order valence-electron chi connectivity index (χ0n) is 15.6. The number of aromatic nitrogens is 1. The minimum Gasteiger partial charge on any atom is -0.493 e. The van der Waals surface area contributed by atoms with Crippen molar-refractivity contribution < 1.29 is 31.1 Å². The van der Waals surface area contributed by atoms with Gasteiger partial charge in [0.1, 0.15) is 5.75 Å². The van der Waals surface area contributed by atoms with Crippen LogP contribution in [0.4, 0.5) is 13.2 Å². The van der Waals surface area contributed by atoms with Gasteiger partial charge in [0, 0.05) is 29.5 Å². The Hall–Kier alpha value is -1.69. The van der Waals surface area contributed by atoms with E-state index < -0.39 is 21.2 Å². The van der Waals surface area contributed by atoms with Crippen molar-refractivity contribution in [3.05, 3.63) is 34.7 Å². The molecule has 160 valence electrons. The van der Waals surface area contributed by atoms with Gasteiger partial charge in [-0.2, -0.15) is 13.2 Å². The third kappa shape index (κ3) is 5.91. The summed E-state index contributed by atoms with van der Waals surface area (Å²) in [6.45, 7) is 2.70. The van der Waals surface area contributed by atoms with Gasteiger partial charge in [0.2, 0.25) is 10.0 Å². The number of rotatable bonds is 7. The van der Waals surface area contributed by atoms with E-state index in [1.807, 2.05) is 0 Å². The second-order valence-corrected chi connectivity index (χ2v) is 9.52. The number of benzene rings is 1. The Labute approximate surface area is 171 Å². The summed E-state index contributed by atoms with van der Waals surface area (Å²) < 4.78 is 75.7. The minimum atomic E-state index is -4.45. The number of hydrogen-bond acceptors (Lipinski definition) is 6. The lowest BCUT2D eigenvalue weighted by Crippen LogP contribution is -2.47. The maximum absolute atomic E-state index is 12.7. The molecule has 29 heavy (non-hydrogen) atoms. The Bertz CT molecular complexity index is 914. The quantitative estimate of drug-likeness (QED) is 0.698. The molecule has 0 amide bonds. The highest BCUT2D eigenvalue weighted by Crippen LogP contribution is 2.34. The summed E-state index contributed by atoms with van der Waals surface area (Å²) in [4.78, 5) is 3.62. The molecule has 0 aliphatic carbocycles. The molecule has 0 radical (unpaired) electrons. The van der Waals surface area contributed by atoms with E-state index >= 15 is 0 Å². The van der Waals surface area contributed by atoms with E-state index in [0.717, 1.165) is 0 Å². The second-order valence-electron chi connectivity index (χ2n) is 6.62. The van der Waals surface area contributed by atoms with Crippen molar-refractivity contribution in [3.63, 3.8) is 0 Å². The summed E-state index contributed by atoms with van der Waals surface area (Å²) in [7, 11) is -3.33. The van der Waals surface area contributed by atoms with Gasteiger partial charge in [0.05, 0.1) is 24.7 Å². The van der Waals surface area contributed by atoms with Crippen molar-refractivity contribution in [3.8, 4) is 17.0 Å². The van der Waals surface area contributed by atoms with Crippen LogP contribution in [0.1, 0.15) is 18.4 Å². The van der Waals surface area contributed by atoms with Crippen LogP contribution < -0.4 is 9.46 Å². The number of thiazole rings is 1. The molecular formula is C18H21F3N2O4S2. The molecule has 0 bridgehead atoms. The van der Waals surface area contributed by atoms with Gasteiger partial charge in [0.15, 0.2) is 5.01 Å². The van der Waals surface area contributed by atoms with Gasteiger partial charge in [-0.05, 0) is 37.6 Å². The fourth-order valence-corrected chi connectivity index (χ4v) is 4.53. The number of nitrogens with zero attached hydrogens (tertiary/aromatic N) is 1. The zero-order chi connectivity index (χ0) is 21.1. The van der Waals surface area contributed by atoms with E-state index in [-0.39, 0.29) is 30.0 Å². The van der Waals surface area contributed by atoms with Crippen molar-refractivity contribution in [1.29, 1.82) is 0 Å². The van der Waals surface area contributed by atoms with E-state index in [0.29, 0.717) is 42.3 Å². The van der Waals surface area contributed by atoms with E-state index in [4.69, 9.17) is 9.47 Å². The summed E-state index contributed by atoms with van der Waals surface area (Å²) in [6.07, 6.45) is -3.89. The SMILES string of the molecule is CCS(=O)(=O)NC1CCOCC1COc1ccc(-c2csc(C(F)(F)F)n2)cc1. The lowest BCUT2D eigenvalue weighted by molar-refractivity contribution is -0.137. The first-order chi connectivity index (χ1) is 13.7. The first kappa shape index (κ1) is 22.0.